The highest BCUT2D eigenvalue weighted by Gasteiger charge is 2.15. The molecular weight excluding hydrogens is 305 g/mol. The largest absolute Gasteiger partial charge is 0.319 e. The van der Waals surface area contributed by atoms with E-state index in [0.717, 1.165) is 6.07 Å². The number of anilines is 1. The van der Waals surface area contributed by atoms with Crippen LogP contribution in [0.1, 0.15) is 10.4 Å². The molecule has 0 spiro atoms. The van der Waals surface area contributed by atoms with Crippen molar-refractivity contribution in [3.8, 4) is 0 Å². The van der Waals surface area contributed by atoms with Gasteiger partial charge in [-0.3, -0.25) is 19.9 Å². The number of hydrogen-bond donors (Lipinski definition) is 1. The van der Waals surface area contributed by atoms with E-state index in [9.17, 15) is 14.9 Å². The van der Waals surface area contributed by atoms with Gasteiger partial charge in [0, 0.05) is 18.3 Å². The second-order valence-electron chi connectivity index (χ2n) is 3.73. The average Bonchev–Trinajstić information content (AvgIpc) is 2.41. The molecule has 1 N–H and O–H groups in total. The highest BCUT2D eigenvalue weighted by Crippen LogP contribution is 2.25. The second-order valence-corrected chi connectivity index (χ2v) is 4.55. The van der Waals surface area contributed by atoms with Gasteiger partial charge < -0.3 is 5.32 Å². The Morgan fingerprint density at radius 2 is 2.00 bits per heavy atom. The van der Waals surface area contributed by atoms with Crippen molar-refractivity contribution in [2.45, 2.75) is 0 Å². The molecule has 0 radical (unpaired) electrons. The van der Waals surface area contributed by atoms with E-state index in [4.69, 9.17) is 23.2 Å². The number of hydrogen-bond acceptors (Lipinski definition) is 4. The molecule has 0 fully saturated rings. The van der Waals surface area contributed by atoms with Crippen molar-refractivity contribution in [2.24, 2.45) is 0 Å². The normalized spacial score (nSPS) is 10.1. The monoisotopic (exact) mass is 311 g/mol. The summed E-state index contributed by atoms with van der Waals surface area (Å²) in [5, 5.41) is 13.4. The zero-order valence-corrected chi connectivity index (χ0v) is 11.4. The highest BCUT2D eigenvalue weighted by molar-refractivity contribution is 6.36. The molecule has 2 aromatic rings. The van der Waals surface area contributed by atoms with E-state index in [0.29, 0.717) is 10.7 Å². The number of nitro groups is 1. The fourth-order valence-corrected chi connectivity index (χ4v) is 1.87. The number of pyridine rings is 1. The summed E-state index contributed by atoms with van der Waals surface area (Å²) in [6, 6.07) is 5.11. The van der Waals surface area contributed by atoms with E-state index in [1.54, 1.807) is 0 Å². The summed E-state index contributed by atoms with van der Waals surface area (Å²) in [6.07, 6.45) is 2.87. The molecule has 1 heterocycles. The SMILES string of the molecule is O=C(Nc1cnccc1Cl)c1ccc([N+](=O)[O-])cc1Cl. The number of rotatable bonds is 3. The van der Waals surface area contributed by atoms with Gasteiger partial charge in [-0.15, -0.1) is 0 Å². The summed E-state index contributed by atoms with van der Waals surface area (Å²) in [5.41, 5.74) is 0.247. The highest BCUT2D eigenvalue weighted by atomic mass is 35.5. The van der Waals surface area contributed by atoms with E-state index < -0.39 is 10.8 Å². The zero-order valence-electron chi connectivity index (χ0n) is 9.84. The number of amides is 1. The van der Waals surface area contributed by atoms with E-state index in [2.05, 4.69) is 10.3 Å². The van der Waals surface area contributed by atoms with Gasteiger partial charge in [0.25, 0.3) is 11.6 Å². The number of halogens is 2. The number of aromatic nitrogens is 1. The van der Waals surface area contributed by atoms with Crippen LogP contribution in [0, 0.1) is 10.1 Å². The van der Waals surface area contributed by atoms with E-state index in [1.165, 1.54) is 30.6 Å². The number of carbonyl (C=O) groups excluding carboxylic acids is 1. The molecular formula is C12H7Cl2N3O3. The molecule has 0 saturated heterocycles. The van der Waals surface area contributed by atoms with Crippen molar-refractivity contribution in [3.05, 3.63) is 62.4 Å². The molecule has 20 heavy (non-hydrogen) atoms. The van der Waals surface area contributed by atoms with E-state index >= 15 is 0 Å². The molecule has 0 bridgehead atoms. The van der Waals surface area contributed by atoms with Crippen molar-refractivity contribution >= 4 is 40.5 Å². The Hall–Kier alpha value is -2.18. The molecule has 0 aliphatic heterocycles. The minimum atomic E-state index is -0.592. The van der Waals surface area contributed by atoms with Crippen LogP contribution in [0.5, 0.6) is 0 Å². The van der Waals surface area contributed by atoms with Crippen LogP contribution in [-0.4, -0.2) is 15.8 Å². The lowest BCUT2D eigenvalue weighted by Crippen LogP contribution is -2.13. The number of carbonyl (C=O) groups is 1. The maximum Gasteiger partial charge on any atom is 0.270 e. The standard InChI is InChI=1S/C12H7Cl2N3O3/c13-9-3-4-15-6-11(9)16-12(18)8-2-1-7(17(19)20)5-10(8)14/h1-6H,(H,16,18). The average molecular weight is 312 g/mol. The van der Waals surface area contributed by atoms with Gasteiger partial charge in [-0.1, -0.05) is 23.2 Å². The van der Waals surface area contributed by atoms with Gasteiger partial charge in [0.05, 0.1) is 32.4 Å². The lowest BCUT2D eigenvalue weighted by molar-refractivity contribution is -0.384. The van der Waals surface area contributed by atoms with Crippen LogP contribution in [0.25, 0.3) is 0 Å². The van der Waals surface area contributed by atoms with Crippen molar-refractivity contribution < 1.29 is 9.72 Å². The Bertz CT molecular complexity index is 691. The summed E-state index contributed by atoms with van der Waals surface area (Å²) >= 11 is 11.7. The predicted octanol–water partition coefficient (Wildman–Crippen LogP) is 3.55. The van der Waals surface area contributed by atoms with E-state index in [-0.39, 0.29) is 16.3 Å². The molecule has 6 nitrogen and oxygen atoms in total. The molecule has 1 amide bonds. The predicted molar refractivity (Wildman–Crippen MR) is 75.3 cm³/mol. The lowest BCUT2D eigenvalue weighted by Gasteiger charge is -2.07. The quantitative estimate of drug-likeness (QED) is 0.693. The number of benzene rings is 1. The maximum absolute atomic E-state index is 12.0. The van der Waals surface area contributed by atoms with Crippen LogP contribution in [0.15, 0.2) is 36.7 Å². The molecule has 1 aromatic carbocycles. The minimum absolute atomic E-state index is 0.0169. The molecule has 2 rings (SSSR count). The first-order valence-corrected chi connectivity index (χ1v) is 6.09. The molecule has 1 aromatic heterocycles. The van der Waals surface area contributed by atoms with E-state index in [1.807, 2.05) is 0 Å². The van der Waals surface area contributed by atoms with Crippen LogP contribution in [0.2, 0.25) is 10.0 Å². The molecule has 0 aliphatic carbocycles. The maximum atomic E-state index is 12.0. The summed E-state index contributed by atoms with van der Waals surface area (Å²) < 4.78 is 0. The Kier molecular flexibility index (Phi) is 4.16. The Balaban J connectivity index is 2.26. The van der Waals surface area contributed by atoms with Gasteiger partial charge in [0.15, 0.2) is 0 Å². The fraction of sp³-hybridized carbons (Fsp3) is 0. The van der Waals surface area contributed by atoms with Crippen molar-refractivity contribution in [1.29, 1.82) is 0 Å². The topological polar surface area (TPSA) is 85.1 Å². The smallest absolute Gasteiger partial charge is 0.270 e. The summed E-state index contributed by atoms with van der Waals surface area (Å²) in [5.74, 6) is -0.528. The van der Waals surface area contributed by atoms with Gasteiger partial charge in [-0.2, -0.15) is 0 Å². The lowest BCUT2D eigenvalue weighted by atomic mass is 10.2. The molecule has 0 saturated carbocycles. The third-order valence-corrected chi connectivity index (χ3v) is 3.07. The summed E-state index contributed by atoms with van der Waals surface area (Å²) in [4.78, 5) is 25.8. The van der Waals surface area contributed by atoms with Gasteiger partial charge >= 0.3 is 0 Å². The van der Waals surface area contributed by atoms with Gasteiger partial charge in [0.2, 0.25) is 0 Å². The first kappa shape index (κ1) is 14.2. The van der Waals surface area contributed by atoms with Gasteiger partial charge in [-0.25, -0.2) is 0 Å². The minimum Gasteiger partial charge on any atom is -0.319 e. The molecule has 8 heteroatoms. The molecule has 102 valence electrons. The first-order valence-electron chi connectivity index (χ1n) is 5.34. The van der Waals surface area contributed by atoms with Crippen molar-refractivity contribution in [1.82, 2.24) is 4.98 Å². The van der Waals surface area contributed by atoms with Gasteiger partial charge in [-0.05, 0) is 12.1 Å². The summed E-state index contributed by atoms with van der Waals surface area (Å²) in [6.45, 7) is 0. The number of nitrogens with one attached hydrogen (secondary N) is 1. The zero-order chi connectivity index (χ0) is 14.7. The molecule has 0 unspecified atom stereocenters. The number of nitrogens with zero attached hydrogens (tertiary/aromatic N) is 2. The molecule has 0 atom stereocenters. The molecule has 0 aliphatic rings. The first-order chi connectivity index (χ1) is 9.49. The Labute approximate surface area is 123 Å². The van der Waals surface area contributed by atoms with Crippen LogP contribution < -0.4 is 5.32 Å². The number of nitro benzene ring substituents is 1. The Morgan fingerprint density at radius 1 is 1.25 bits per heavy atom. The van der Waals surface area contributed by atoms with Crippen LogP contribution in [0.3, 0.4) is 0 Å². The second kappa shape index (κ2) is 5.85. The summed E-state index contributed by atoms with van der Waals surface area (Å²) in [7, 11) is 0. The van der Waals surface area contributed by atoms with Crippen molar-refractivity contribution in [3.63, 3.8) is 0 Å². The third-order valence-electron chi connectivity index (χ3n) is 2.42. The third kappa shape index (κ3) is 3.04. The van der Waals surface area contributed by atoms with Crippen LogP contribution >= 0.6 is 23.2 Å². The van der Waals surface area contributed by atoms with Gasteiger partial charge in [0.1, 0.15) is 0 Å². The van der Waals surface area contributed by atoms with Crippen LogP contribution in [0.4, 0.5) is 11.4 Å². The van der Waals surface area contributed by atoms with Crippen LogP contribution in [-0.2, 0) is 0 Å². The number of non-ortho nitro benzene ring substituents is 1. The Morgan fingerprint density at radius 3 is 2.60 bits per heavy atom. The van der Waals surface area contributed by atoms with Crippen molar-refractivity contribution in [2.75, 3.05) is 5.32 Å². The fourth-order valence-electron chi connectivity index (χ4n) is 1.46.